The van der Waals surface area contributed by atoms with Crippen LogP contribution in [0.4, 0.5) is 5.69 Å². The van der Waals surface area contributed by atoms with Crippen molar-refractivity contribution < 1.29 is 4.79 Å². The van der Waals surface area contributed by atoms with Crippen molar-refractivity contribution in [3.8, 4) is 0 Å². The van der Waals surface area contributed by atoms with Gasteiger partial charge in [-0.15, -0.1) is 0 Å². The number of nitrogens with one attached hydrogen (secondary N) is 1. The highest BCUT2D eigenvalue weighted by atomic mass is 16.2. The number of nitrogens with zero attached hydrogens (tertiary/aromatic N) is 3. The minimum atomic E-state index is -0.662. The molecule has 1 amide bonds. The molecule has 1 atom stereocenters. The maximum absolute atomic E-state index is 12.8. The first kappa shape index (κ1) is 19.3. The van der Waals surface area contributed by atoms with E-state index in [0.717, 1.165) is 25.3 Å². The number of amides is 1. The molecule has 1 fully saturated rings. The van der Waals surface area contributed by atoms with Crippen LogP contribution in [0.1, 0.15) is 37.8 Å². The summed E-state index contributed by atoms with van der Waals surface area (Å²) in [6.45, 7) is 4.87. The minimum Gasteiger partial charge on any atom is -0.324 e. The second-order valence-corrected chi connectivity index (χ2v) is 7.68. The molecule has 0 radical (unpaired) electrons. The summed E-state index contributed by atoms with van der Waals surface area (Å²) in [5.41, 5.74) is 2.35. The Morgan fingerprint density at radius 1 is 1.10 bits per heavy atom. The number of hydrogen-bond donors (Lipinski definition) is 1. The third-order valence-electron chi connectivity index (χ3n) is 5.54. The van der Waals surface area contributed by atoms with Crippen LogP contribution in [0.3, 0.4) is 0 Å². The lowest BCUT2D eigenvalue weighted by Gasteiger charge is -2.26. The zero-order chi connectivity index (χ0) is 20.2. The zero-order valence-corrected chi connectivity index (χ0v) is 16.7. The molecule has 1 saturated heterocycles. The van der Waals surface area contributed by atoms with Gasteiger partial charge in [0, 0.05) is 12.2 Å². The van der Waals surface area contributed by atoms with Gasteiger partial charge < -0.3 is 5.32 Å². The van der Waals surface area contributed by atoms with Crippen molar-refractivity contribution in [2.45, 2.75) is 38.8 Å². The summed E-state index contributed by atoms with van der Waals surface area (Å²) in [7, 11) is 0. The Bertz CT molecular complexity index is 1070. The second kappa shape index (κ2) is 8.57. The molecule has 150 valence electrons. The lowest BCUT2D eigenvalue weighted by atomic mass is 10.1. The smallest absolute Gasteiger partial charge is 0.261 e. The van der Waals surface area contributed by atoms with Gasteiger partial charge in [0.25, 0.3) is 5.56 Å². The Kier molecular flexibility index (Phi) is 5.71. The number of piperidine rings is 1. The fraction of sp³-hybridized carbons (Fsp3) is 0.348. The quantitative estimate of drug-likeness (QED) is 0.723. The molecule has 3 aromatic rings. The van der Waals surface area contributed by atoms with Crippen molar-refractivity contribution in [1.82, 2.24) is 14.5 Å². The summed E-state index contributed by atoms with van der Waals surface area (Å²) >= 11 is 0. The van der Waals surface area contributed by atoms with Crippen LogP contribution in [0.2, 0.25) is 0 Å². The van der Waals surface area contributed by atoms with E-state index in [0.29, 0.717) is 10.9 Å². The molecule has 0 spiro atoms. The van der Waals surface area contributed by atoms with E-state index in [-0.39, 0.29) is 11.5 Å². The van der Waals surface area contributed by atoms with E-state index in [1.54, 1.807) is 25.1 Å². The van der Waals surface area contributed by atoms with Crippen LogP contribution < -0.4 is 10.9 Å². The highest BCUT2D eigenvalue weighted by Gasteiger charge is 2.18. The number of carbonyl (C=O) groups excluding carboxylic acids is 1. The predicted octanol–water partition coefficient (Wildman–Crippen LogP) is 3.58. The lowest BCUT2D eigenvalue weighted by Crippen LogP contribution is -2.32. The van der Waals surface area contributed by atoms with Crippen molar-refractivity contribution in [3.05, 3.63) is 70.8 Å². The molecule has 1 aliphatic rings. The van der Waals surface area contributed by atoms with Crippen LogP contribution in [0.25, 0.3) is 10.9 Å². The van der Waals surface area contributed by atoms with Crippen molar-refractivity contribution in [2.75, 3.05) is 18.4 Å². The van der Waals surface area contributed by atoms with Crippen LogP contribution in [-0.2, 0) is 11.3 Å². The molecule has 1 aromatic heterocycles. The monoisotopic (exact) mass is 390 g/mol. The molecule has 0 saturated carbocycles. The van der Waals surface area contributed by atoms with Gasteiger partial charge in [-0.3, -0.25) is 19.1 Å². The van der Waals surface area contributed by atoms with E-state index in [9.17, 15) is 9.59 Å². The SMILES string of the molecule is C[C@@H](C(=O)Nc1cccc(CN2CCCCC2)c1)n1cnc2ccccc2c1=O. The van der Waals surface area contributed by atoms with Crippen molar-refractivity contribution >= 4 is 22.5 Å². The molecule has 6 heteroatoms. The first-order valence-corrected chi connectivity index (χ1v) is 10.2. The molecule has 0 aliphatic carbocycles. The largest absolute Gasteiger partial charge is 0.324 e. The average Bonchev–Trinajstić information content (AvgIpc) is 2.75. The molecule has 2 heterocycles. The molecule has 1 N–H and O–H groups in total. The van der Waals surface area contributed by atoms with Crippen LogP contribution >= 0.6 is 0 Å². The number of para-hydroxylation sites is 1. The maximum atomic E-state index is 12.8. The highest BCUT2D eigenvalue weighted by Crippen LogP contribution is 2.17. The fourth-order valence-corrected chi connectivity index (χ4v) is 3.86. The Labute approximate surface area is 170 Å². The Morgan fingerprint density at radius 3 is 2.72 bits per heavy atom. The molecular weight excluding hydrogens is 364 g/mol. The summed E-state index contributed by atoms with van der Waals surface area (Å²) in [6.07, 6.45) is 5.26. The number of hydrogen-bond acceptors (Lipinski definition) is 4. The van der Waals surface area contributed by atoms with Gasteiger partial charge in [0.05, 0.1) is 17.2 Å². The van der Waals surface area contributed by atoms with Gasteiger partial charge in [-0.25, -0.2) is 4.98 Å². The predicted molar refractivity (Wildman–Crippen MR) is 115 cm³/mol. The number of carbonyl (C=O) groups is 1. The van der Waals surface area contributed by atoms with E-state index in [2.05, 4.69) is 21.3 Å². The van der Waals surface area contributed by atoms with E-state index in [1.165, 1.54) is 35.7 Å². The molecule has 0 unspecified atom stereocenters. The molecule has 6 nitrogen and oxygen atoms in total. The summed E-state index contributed by atoms with van der Waals surface area (Å²) in [4.78, 5) is 32.3. The number of benzene rings is 2. The van der Waals surface area contributed by atoms with Gasteiger partial charge in [-0.2, -0.15) is 0 Å². The molecule has 0 bridgehead atoms. The third-order valence-corrected chi connectivity index (χ3v) is 5.54. The van der Waals surface area contributed by atoms with E-state index >= 15 is 0 Å². The van der Waals surface area contributed by atoms with Crippen molar-refractivity contribution in [2.24, 2.45) is 0 Å². The lowest BCUT2D eigenvalue weighted by molar-refractivity contribution is -0.118. The van der Waals surface area contributed by atoms with Crippen LogP contribution in [0.15, 0.2) is 59.7 Å². The van der Waals surface area contributed by atoms with Crippen LogP contribution in [0.5, 0.6) is 0 Å². The topological polar surface area (TPSA) is 67.2 Å². The average molecular weight is 390 g/mol. The van der Waals surface area contributed by atoms with Crippen molar-refractivity contribution in [3.63, 3.8) is 0 Å². The fourth-order valence-electron chi connectivity index (χ4n) is 3.86. The maximum Gasteiger partial charge on any atom is 0.261 e. The molecule has 4 rings (SSSR count). The number of rotatable bonds is 5. The first-order chi connectivity index (χ1) is 14.1. The summed E-state index contributed by atoms with van der Waals surface area (Å²) in [6, 6.07) is 14.4. The van der Waals surface area contributed by atoms with Gasteiger partial charge in [0.1, 0.15) is 6.04 Å². The van der Waals surface area contributed by atoms with Crippen LogP contribution in [0, 0.1) is 0 Å². The van der Waals surface area contributed by atoms with Gasteiger partial charge in [0.15, 0.2) is 0 Å². The second-order valence-electron chi connectivity index (χ2n) is 7.68. The molecule has 2 aromatic carbocycles. The van der Waals surface area contributed by atoms with Gasteiger partial charge >= 0.3 is 0 Å². The highest BCUT2D eigenvalue weighted by molar-refractivity contribution is 5.93. The van der Waals surface area contributed by atoms with Gasteiger partial charge in [-0.05, 0) is 62.7 Å². The van der Waals surface area contributed by atoms with E-state index in [1.807, 2.05) is 24.3 Å². The Hall–Kier alpha value is -2.99. The number of aromatic nitrogens is 2. The summed E-state index contributed by atoms with van der Waals surface area (Å²) in [5, 5.41) is 3.46. The molecule has 29 heavy (non-hydrogen) atoms. The van der Waals surface area contributed by atoms with Gasteiger partial charge in [0.2, 0.25) is 5.91 Å². The first-order valence-electron chi connectivity index (χ1n) is 10.2. The number of likely N-dealkylation sites (tertiary alicyclic amines) is 1. The molecule has 1 aliphatic heterocycles. The van der Waals surface area contributed by atoms with E-state index < -0.39 is 6.04 Å². The number of anilines is 1. The van der Waals surface area contributed by atoms with E-state index in [4.69, 9.17) is 0 Å². The third kappa shape index (κ3) is 4.38. The summed E-state index contributed by atoms with van der Waals surface area (Å²) < 4.78 is 1.38. The Morgan fingerprint density at radius 2 is 1.90 bits per heavy atom. The van der Waals surface area contributed by atoms with Crippen molar-refractivity contribution in [1.29, 1.82) is 0 Å². The Balaban J connectivity index is 1.48. The van der Waals surface area contributed by atoms with Gasteiger partial charge in [-0.1, -0.05) is 30.7 Å². The number of fused-ring (bicyclic) bond motifs is 1. The molecular formula is C23H26N4O2. The minimum absolute atomic E-state index is 0.211. The van der Waals surface area contributed by atoms with Crippen LogP contribution in [-0.4, -0.2) is 33.4 Å². The zero-order valence-electron chi connectivity index (χ0n) is 16.7. The summed E-state index contributed by atoms with van der Waals surface area (Å²) in [5.74, 6) is -0.237. The normalized spacial score (nSPS) is 15.9. The standard InChI is InChI=1S/C23H26N4O2/c1-17(27-16-24-21-11-4-3-10-20(21)23(27)29)22(28)25-19-9-7-8-18(14-19)15-26-12-5-2-6-13-26/h3-4,7-11,14,16-17H,2,5-6,12-13,15H2,1H3,(H,25,28)/t17-/m0/s1.